The highest BCUT2D eigenvalue weighted by atomic mass is 35.5. The SMILES string of the molecule is Cc1cc(/C=C2/NC(=O)N(c3ccc(Cl)cc3)C2=O)c(C)n1C(C)C. The molecule has 3 rings (SSSR count). The van der Waals surface area contributed by atoms with Crippen LogP contribution >= 0.6 is 11.6 Å². The minimum absolute atomic E-state index is 0.268. The van der Waals surface area contributed by atoms with E-state index in [9.17, 15) is 9.59 Å². The molecule has 0 saturated carbocycles. The third kappa shape index (κ3) is 3.07. The molecule has 0 aliphatic carbocycles. The molecule has 3 amide bonds. The van der Waals surface area contributed by atoms with Gasteiger partial charge < -0.3 is 9.88 Å². The number of aromatic nitrogens is 1. The van der Waals surface area contributed by atoms with Crippen molar-refractivity contribution in [2.24, 2.45) is 0 Å². The predicted molar refractivity (Wildman–Crippen MR) is 99.7 cm³/mol. The molecule has 0 unspecified atom stereocenters. The number of carbonyl (C=O) groups excluding carboxylic acids is 2. The Balaban J connectivity index is 1.96. The van der Waals surface area contributed by atoms with Gasteiger partial charge in [0, 0.05) is 22.5 Å². The van der Waals surface area contributed by atoms with E-state index < -0.39 is 6.03 Å². The van der Waals surface area contributed by atoms with Crippen LogP contribution < -0.4 is 10.2 Å². The molecule has 130 valence electrons. The molecule has 1 aliphatic heterocycles. The minimum atomic E-state index is -0.462. The molecule has 2 heterocycles. The molecule has 2 aromatic rings. The number of benzene rings is 1. The molecular formula is C19H20ClN3O2. The van der Waals surface area contributed by atoms with Gasteiger partial charge in [0.15, 0.2) is 0 Å². The summed E-state index contributed by atoms with van der Waals surface area (Å²) in [5.74, 6) is -0.373. The number of halogens is 1. The van der Waals surface area contributed by atoms with Crippen molar-refractivity contribution in [1.29, 1.82) is 0 Å². The topological polar surface area (TPSA) is 54.3 Å². The fraction of sp³-hybridized carbons (Fsp3) is 0.263. The van der Waals surface area contributed by atoms with E-state index in [1.165, 1.54) is 0 Å². The zero-order chi connectivity index (χ0) is 18.3. The van der Waals surface area contributed by atoms with E-state index in [4.69, 9.17) is 11.6 Å². The van der Waals surface area contributed by atoms with Gasteiger partial charge in [-0.2, -0.15) is 0 Å². The number of imide groups is 1. The number of rotatable bonds is 3. The van der Waals surface area contributed by atoms with Crippen LogP contribution in [0.25, 0.3) is 6.08 Å². The molecule has 6 heteroatoms. The first kappa shape index (κ1) is 17.3. The van der Waals surface area contributed by atoms with Gasteiger partial charge in [0.2, 0.25) is 0 Å². The third-order valence-corrected chi connectivity index (χ3v) is 4.55. The first-order valence-electron chi connectivity index (χ1n) is 8.10. The third-order valence-electron chi connectivity index (χ3n) is 4.30. The zero-order valence-corrected chi connectivity index (χ0v) is 15.4. The van der Waals surface area contributed by atoms with Crippen molar-refractivity contribution < 1.29 is 9.59 Å². The number of amides is 3. The summed E-state index contributed by atoms with van der Waals surface area (Å²) in [6.07, 6.45) is 1.73. The number of carbonyl (C=O) groups is 2. The van der Waals surface area contributed by atoms with Gasteiger partial charge in [-0.05, 0) is 69.7 Å². The number of nitrogens with zero attached hydrogens (tertiary/aromatic N) is 2. The summed E-state index contributed by atoms with van der Waals surface area (Å²) >= 11 is 5.87. The highest BCUT2D eigenvalue weighted by molar-refractivity contribution is 6.31. The van der Waals surface area contributed by atoms with E-state index in [1.54, 1.807) is 30.3 Å². The second-order valence-corrected chi connectivity index (χ2v) is 6.83. The van der Waals surface area contributed by atoms with E-state index >= 15 is 0 Å². The Bertz CT molecular complexity index is 879. The number of anilines is 1. The predicted octanol–water partition coefficient (Wildman–Crippen LogP) is 4.44. The number of hydrogen-bond donors (Lipinski definition) is 1. The maximum Gasteiger partial charge on any atom is 0.333 e. The summed E-state index contributed by atoms with van der Waals surface area (Å²) in [7, 11) is 0. The Hall–Kier alpha value is -2.53. The summed E-state index contributed by atoms with van der Waals surface area (Å²) in [6, 6.07) is 8.47. The second kappa shape index (κ2) is 6.41. The van der Waals surface area contributed by atoms with Crippen molar-refractivity contribution in [3.05, 3.63) is 58.0 Å². The molecule has 5 nitrogen and oxygen atoms in total. The van der Waals surface area contributed by atoms with Crippen LogP contribution in [0.5, 0.6) is 0 Å². The lowest BCUT2D eigenvalue weighted by molar-refractivity contribution is -0.113. The van der Waals surface area contributed by atoms with E-state index in [0.717, 1.165) is 21.9 Å². The van der Waals surface area contributed by atoms with Crippen molar-refractivity contribution in [2.75, 3.05) is 4.90 Å². The van der Waals surface area contributed by atoms with Gasteiger partial charge >= 0.3 is 6.03 Å². The molecule has 1 aromatic heterocycles. The number of aryl methyl sites for hydroxylation is 1. The Morgan fingerprint density at radius 1 is 1.12 bits per heavy atom. The molecule has 0 spiro atoms. The Morgan fingerprint density at radius 2 is 1.76 bits per heavy atom. The summed E-state index contributed by atoms with van der Waals surface area (Å²) < 4.78 is 2.20. The summed E-state index contributed by atoms with van der Waals surface area (Å²) in [6.45, 7) is 8.27. The molecule has 1 aromatic carbocycles. The fourth-order valence-electron chi connectivity index (χ4n) is 3.26. The maximum absolute atomic E-state index is 12.7. The molecule has 1 aliphatic rings. The molecule has 0 atom stereocenters. The van der Waals surface area contributed by atoms with Crippen LogP contribution in [0.4, 0.5) is 10.5 Å². The van der Waals surface area contributed by atoms with E-state index in [-0.39, 0.29) is 11.6 Å². The normalized spacial score (nSPS) is 16.2. The largest absolute Gasteiger partial charge is 0.346 e. The number of hydrogen-bond acceptors (Lipinski definition) is 2. The molecule has 1 fully saturated rings. The zero-order valence-electron chi connectivity index (χ0n) is 14.6. The Labute approximate surface area is 151 Å². The van der Waals surface area contributed by atoms with Crippen LogP contribution in [-0.4, -0.2) is 16.5 Å². The van der Waals surface area contributed by atoms with E-state index in [2.05, 4.69) is 23.7 Å². The van der Waals surface area contributed by atoms with Crippen molar-refractivity contribution >= 4 is 35.3 Å². The molecule has 25 heavy (non-hydrogen) atoms. The molecule has 1 saturated heterocycles. The van der Waals surface area contributed by atoms with Gasteiger partial charge in [0.1, 0.15) is 5.70 Å². The van der Waals surface area contributed by atoms with Gasteiger partial charge in [-0.1, -0.05) is 11.6 Å². The van der Waals surface area contributed by atoms with E-state index in [0.29, 0.717) is 16.8 Å². The van der Waals surface area contributed by atoms with Crippen LogP contribution in [-0.2, 0) is 4.79 Å². The average molecular weight is 358 g/mol. The maximum atomic E-state index is 12.7. The summed E-state index contributed by atoms with van der Waals surface area (Å²) in [4.78, 5) is 26.0. The van der Waals surface area contributed by atoms with Gasteiger partial charge in [0.25, 0.3) is 5.91 Å². The lowest BCUT2D eigenvalue weighted by atomic mass is 10.2. The van der Waals surface area contributed by atoms with E-state index in [1.807, 2.05) is 19.9 Å². The fourth-order valence-corrected chi connectivity index (χ4v) is 3.38. The molecule has 0 bridgehead atoms. The van der Waals surface area contributed by atoms with Crippen LogP contribution in [0.3, 0.4) is 0 Å². The molecule has 1 N–H and O–H groups in total. The van der Waals surface area contributed by atoms with Crippen LogP contribution in [0.1, 0.15) is 36.8 Å². The van der Waals surface area contributed by atoms with Crippen LogP contribution in [0.2, 0.25) is 5.02 Å². The van der Waals surface area contributed by atoms with Crippen molar-refractivity contribution in [2.45, 2.75) is 33.7 Å². The standard InChI is InChI=1S/C19H20ClN3O2/c1-11(2)22-12(3)9-14(13(22)4)10-17-18(24)23(19(25)21-17)16-7-5-15(20)6-8-16/h5-11H,1-4H3,(H,21,25)/b17-10+. The number of nitrogens with one attached hydrogen (secondary N) is 1. The van der Waals surface area contributed by atoms with Gasteiger partial charge in [-0.15, -0.1) is 0 Å². The molecule has 0 radical (unpaired) electrons. The van der Waals surface area contributed by atoms with Crippen LogP contribution in [0, 0.1) is 13.8 Å². The van der Waals surface area contributed by atoms with Crippen LogP contribution in [0.15, 0.2) is 36.0 Å². The minimum Gasteiger partial charge on any atom is -0.346 e. The highest BCUT2D eigenvalue weighted by Crippen LogP contribution is 2.26. The Morgan fingerprint density at radius 3 is 2.32 bits per heavy atom. The second-order valence-electron chi connectivity index (χ2n) is 6.40. The van der Waals surface area contributed by atoms with Crippen molar-refractivity contribution in [3.63, 3.8) is 0 Å². The quantitative estimate of drug-likeness (QED) is 0.652. The highest BCUT2D eigenvalue weighted by Gasteiger charge is 2.35. The average Bonchev–Trinajstić information content (AvgIpc) is 2.97. The van der Waals surface area contributed by atoms with Crippen molar-refractivity contribution in [3.8, 4) is 0 Å². The van der Waals surface area contributed by atoms with Gasteiger partial charge in [0.05, 0.1) is 5.69 Å². The first-order chi connectivity index (χ1) is 11.8. The monoisotopic (exact) mass is 357 g/mol. The lowest BCUT2D eigenvalue weighted by Gasteiger charge is -2.13. The number of urea groups is 1. The van der Waals surface area contributed by atoms with Gasteiger partial charge in [-0.3, -0.25) is 4.79 Å². The first-order valence-corrected chi connectivity index (χ1v) is 8.48. The summed E-state index contributed by atoms with van der Waals surface area (Å²) in [5.41, 5.74) is 3.86. The smallest absolute Gasteiger partial charge is 0.333 e. The lowest BCUT2D eigenvalue weighted by Crippen LogP contribution is -2.30. The van der Waals surface area contributed by atoms with Crippen molar-refractivity contribution in [1.82, 2.24) is 9.88 Å². The Kier molecular flexibility index (Phi) is 4.43. The summed E-state index contributed by atoms with van der Waals surface area (Å²) in [5, 5.41) is 3.21. The molecular weight excluding hydrogens is 338 g/mol. The van der Waals surface area contributed by atoms with Gasteiger partial charge in [-0.25, -0.2) is 9.69 Å².